The number of aromatic nitrogens is 2. The highest BCUT2D eigenvalue weighted by atomic mass is 16.3. The fraction of sp³-hybridized carbons (Fsp3) is 0. The van der Waals surface area contributed by atoms with Crippen LogP contribution in [0, 0.1) is 6.57 Å². The first-order chi connectivity index (χ1) is 23.3. The van der Waals surface area contributed by atoms with Gasteiger partial charge >= 0.3 is 0 Å². The second-order valence-electron chi connectivity index (χ2n) is 12.0. The molecule has 0 saturated heterocycles. The van der Waals surface area contributed by atoms with Crippen LogP contribution in [0.4, 0.5) is 5.69 Å². The molecule has 218 valence electrons. The molecule has 0 aliphatic carbocycles. The molecule has 0 unspecified atom stereocenters. The van der Waals surface area contributed by atoms with Gasteiger partial charge < -0.3 is 13.6 Å². The van der Waals surface area contributed by atoms with E-state index in [2.05, 4.69) is 141 Å². The average molecular weight is 600 g/mol. The van der Waals surface area contributed by atoms with Crippen LogP contribution in [0.3, 0.4) is 0 Å². The Balaban J connectivity index is 1.33. The summed E-state index contributed by atoms with van der Waals surface area (Å²) in [4.78, 5) is 4.06. The Hall–Kier alpha value is -6.57. The summed E-state index contributed by atoms with van der Waals surface area (Å²) in [5, 5.41) is 6.86. The van der Waals surface area contributed by atoms with E-state index in [-0.39, 0.29) is 0 Å². The zero-order chi connectivity index (χ0) is 31.1. The van der Waals surface area contributed by atoms with Crippen molar-refractivity contribution in [1.29, 1.82) is 0 Å². The molecule has 7 aromatic carbocycles. The second-order valence-corrected chi connectivity index (χ2v) is 12.0. The second kappa shape index (κ2) is 9.71. The van der Waals surface area contributed by atoms with Gasteiger partial charge in [0.05, 0.1) is 34.0 Å². The van der Waals surface area contributed by atoms with E-state index in [1.807, 2.05) is 24.3 Å². The van der Waals surface area contributed by atoms with Gasteiger partial charge in [0.15, 0.2) is 5.69 Å². The minimum Gasteiger partial charge on any atom is -0.456 e. The molecule has 10 rings (SSSR count). The van der Waals surface area contributed by atoms with Crippen molar-refractivity contribution in [3.8, 4) is 22.5 Å². The van der Waals surface area contributed by atoms with E-state index in [4.69, 9.17) is 11.0 Å². The van der Waals surface area contributed by atoms with Crippen LogP contribution in [0.5, 0.6) is 0 Å². The lowest BCUT2D eigenvalue weighted by Crippen LogP contribution is -1.97. The van der Waals surface area contributed by atoms with Crippen molar-refractivity contribution in [1.82, 2.24) is 9.13 Å². The van der Waals surface area contributed by atoms with Crippen molar-refractivity contribution in [2.75, 3.05) is 0 Å². The number of fused-ring (bicyclic) bond motifs is 10. The van der Waals surface area contributed by atoms with Gasteiger partial charge in [-0.05, 0) is 66.2 Å². The molecule has 0 atom stereocenters. The molecule has 0 aliphatic heterocycles. The van der Waals surface area contributed by atoms with E-state index in [1.54, 1.807) is 0 Å². The van der Waals surface area contributed by atoms with Crippen molar-refractivity contribution in [2.24, 2.45) is 0 Å². The average Bonchev–Trinajstić information content (AvgIpc) is 3.79. The molecule has 47 heavy (non-hydrogen) atoms. The molecule has 0 amide bonds. The molecule has 0 spiro atoms. The van der Waals surface area contributed by atoms with Gasteiger partial charge in [0.1, 0.15) is 11.2 Å². The third-order valence-electron chi connectivity index (χ3n) is 9.53. The van der Waals surface area contributed by atoms with Gasteiger partial charge in [0, 0.05) is 43.9 Å². The number of hydrogen-bond acceptors (Lipinski definition) is 1. The first-order valence-electron chi connectivity index (χ1n) is 15.7. The molecule has 3 heterocycles. The van der Waals surface area contributed by atoms with E-state index in [9.17, 15) is 0 Å². The van der Waals surface area contributed by atoms with Gasteiger partial charge in [-0.25, -0.2) is 4.85 Å². The number of hydrogen-bond donors (Lipinski definition) is 0. The first kappa shape index (κ1) is 25.7. The Morgan fingerprint density at radius 3 is 1.94 bits per heavy atom. The van der Waals surface area contributed by atoms with Crippen LogP contribution in [0.15, 0.2) is 156 Å². The molecular formula is C43H25N3O. The summed E-state index contributed by atoms with van der Waals surface area (Å²) in [6.07, 6.45) is 0. The van der Waals surface area contributed by atoms with Crippen molar-refractivity contribution >= 4 is 71.2 Å². The van der Waals surface area contributed by atoms with Gasteiger partial charge in [0.25, 0.3) is 0 Å². The van der Waals surface area contributed by atoms with E-state index in [1.165, 1.54) is 10.8 Å². The molecule has 4 heteroatoms. The van der Waals surface area contributed by atoms with E-state index in [0.29, 0.717) is 5.69 Å². The largest absolute Gasteiger partial charge is 0.456 e. The normalized spacial score (nSPS) is 11.8. The summed E-state index contributed by atoms with van der Waals surface area (Å²) in [5.74, 6) is 0. The summed E-state index contributed by atoms with van der Waals surface area (Å²) in [7, 11) is 0. The molecule has 0 radical (unpaired) electrons. The predicted molar refractivity (Wildman–Crippen MR) is 194 cm³/mol. The summed E-state index contributed by atoms with van der Waals surface area (Å²) in [6, 6.07) is 52.8. The third-order valence-corrected chi connectivity index (χ3v) is 9.53. The summed E-state index contributed by atoms with van der Waals surface area (Å²) < 4.78 is 11.0. The first-order valence-corrected chi connectivity index (χ1v) is 15.7. The van der Waals surface area contributed by atoms with Crippen LogP contribution in [0.25, 0.3) is 92.9 Å². The zero-order valence-electron chi connectivity index (χ0n) is 25.2. The Kier molecular flexibility index (Phi) is 5.32. The molecule has 0 aliphatic rings. The van der Waals surface area contributed by atoms with Crippen molar-refractivity contribution < 1.29 is 4.42 Å². The van der Waals surface area contributed by atoms with E-state index < -0.39 is 0 Å². The molecular weight excluding hydrogens is 574 g/mol. The number of benzene rings is 7. The third kappa shape index (κ3) is 3.57. The topological polar surface area (TPSA) is 27.4 Å². The minimum atomic E-state index is 0.624. The summed E-state index contributed by atoms with van der Waals surface area (Å²) >= 11 is 0. The van der Waals surface area contributed by atoms with E-state index in [0.717, 1.165) is 77.3 Å². The molecule has 0 bridgehead atoms. The maximum Gasteiger partial charge on any atom is 0.196 e. The maximum absolute atomic E-state index is 8.24. The van der Waals surface area contributed by atoms with Crippen molar-refractivity contribution in [3.05, 3.63) is 163 Å². The number of rotatable bonds is 3. The standard InChI is InChI=1S/C43H25N3O/c1-44-34-17-11-20-38(46-35-18-8-5-14-29(35)30-15-6-9-19-36(30)46)41(34)27-22-24-37-33(26-27)31-23-25-40-42(32-16-7-10-21-39(32)47-40)43(31)45(37)28-12-3-2-4-13-28/h2-26H. The Morgan fingerprint density at radius 1 is 0.489 bits per heavy atom. The predicted octanol–water partition coefficient (Wildman–Crippen LogP) is 12.0. The number of para-hydroxylation sites is 4. The minimum absolute atomic E-state index is 0.624. The molecule has 10 aromatic rings. The van der Waals surface area contributed by atoms with Gasteiger partial charge in [0.2, 0.25) is 0 Å². The summed E-state index contributed by atoms with van der Waals surface area (Å²) in [6.45, 7) is 8.24. The van der Waals surface area contributed by atoms with Crippen LogP contribution in [-0.4, -0.2) is 9.13 Å². The molecule has 4 nitrogen and oxygen atoms in total. The van der Waals surface area contributed by atoms with Crippen LogP contribution in [0.2, 0.25) is 0 Å². The van der Waals surface area contributed by atoms with Crippen LogP contribution < -0.4 is 0 Å². The van der Waals surface area contributed by atoms with Crippen LogP contribution >= 0.6 is 0 Å². The lowest BCUT2D eigenvalue weighted by molar-refractivity contribution is 0.669. The van der Waals surface area contributed by atoms with E-state index >= 15 is 0 Å². The molecule has 0 saturated carbocycles. The Labute approximate surface area is 269 Å². The van der Waals surface area contributed by atoms with Gasteiger partial charge in [-0.2, -0.15) is 0 Å². The maximum atomic E-state index is 8.24. The highest BCUT2D eigenvalue weighted by molar-refractivity contribution is 6.25. The van der Waals surface area contributed by atoms with Crippen molar-refractivity contribution in [3.63, 3.8) is 0 Å². The highest BCUT2D eigenvalue weighted by Gasteiger charge is 2.22. The monoisotopic (exact) mass is 599 g/mol. The lowest BCUT2D eigenvalue weighted by atomic mass is 9.98. The Bertz CT molecular complexity index is 2860. The smallest absolute Gasteiger partial charge is 0.196 e. The fourth-order valence-electron chi connectivity index (χ4n) is 7.60. The van der Waals surface area contributed by atoms with Gasteiger partial charge in [-0.3, -0.25) is 0 Å². The Morgan fingerprint density at radius 2 is 1.17 bits per heavy atom. The number of furan rings is 1. The molecule has 0 N–H and O–H groups in total. The molecule has 0 fully saturated rings. The van der Waals surface area contributed by atoms with Crippen LogP contribution in [-0.2, 0) is 0 Å². The molecule has 3 aromatic heterocycles. The zero-order valence-corrected chi connectivity index (χ0v) is 25.2. The number of nitrogens with zero attached hydrogens (tertiary/aromatic N) is 3. The lowest BCUT2D eigenvalue weighted by Gasteiger charge is -2.16. The van der Waals surface area contributed by atoms with Gasteiger partial charge in [-0.15, -0.1) is 0 Å². The van der Waals surface area contributed by atoms with Crippen LogP contribution in [0.1, 0.15) is 0 Å². The fourth-order valence-corrected chi connectivity index (χ4v) is 7.60. The van der Waals surface area contributed by atoms with Crippen molar-refractivity contribution in [2.45, 2.75) is 0 Å². The SMILES string of the molecule is [C-]#[N+]c1cccc(-n2c3ccccc3c3ccccc32)c1-c1ccc2c(c1)c1ccc3oc4ccccc4c3c1n2-c1ccccc1. The van der Waals surface area contributed by atoms with Gasteiger partial charge in [-0.1, -0.05) is 91.0 Å². The quantitative estimate of drug-likeness (QED) is 0.186. The summed E-state index contributed by atoms with van der Waals surface area (Å²) in [5.41, 5.74) is 10.8. The highest BCUT2D eigenvalue weighted by Crippen LogP contribution is 2.45.